The summed E-state index contributed by atoms with van der Waals surface area (Å²) in [6.07, 6.45) is 3.37. The van der Waals surface area contributed by atoms with Crippen molar-refractivity contribution in [3.05, 3.63) is 35.7 Å². The van der Waals surface area contributed by atoms with E-state index in [1.54, 1.807) is 7.11 Å². The lowest BCUT2D eigenvalue weighted by molar-refractivity contribution is 0.414. The second-order valence-corrected chi connectivity index (χ2v) is 5.18. The molecule has 0 aliphatic heterocycles. The van der Waals surface area contributed by atoms with Gasteiger partial charge in [0, 0.05) is 12.6 Å². The lowest BCUT2D eigenvalue weighted by Crippen LogP contribution is -2.15. The molecular weight excluding hydrogens is 268 g/mol. The predicted molar refractivity (Wildman–Crippen MR) is 79.3 cm³/mol. The molecule has 3 rings (SSSR count). The fourth-order valence-corrected chi connectivity index (χ4v) is 2.06. The first-order valence-corrected chi connectivity index (χ1v) is 7.26. The quantitative estimate of drug-likeness (QED) is 0.774. The van der Waals surface area contributed by atoms with Crippen molar-refractivity contribution < 1.29 is 9.15 Å². The highest BCUT2D eigenvalue weighted by atomic mass is 16.5. The minimum absolute atomic E-state index is 0.477. The molecule has 1 fully saturated rings. The SMILES string of the molecule is COc1cccc(CCNc2nnc(CNC3CC3)o2)c1. The molecule has 0 radical (unpaired) electrons. The zero-order chi connectivity index (χ0) is 14.5. The van der Waals surface area contributed by atoms with Gasteiger partial charge in [0.25, 0.3) is 0 Å². The van der Waals surface area contributed by atoms with Crippen LogP contribution >= 0.6 is 0 Å². The summed E-state index contributed by atoms with van der Waals surface area (Å²) in [4.78, 5) is 0. The lowest BCUT2D eigenvalue weighted by atomic mass is 10.1. The summed E-state index contributed by atoms with van der Waals surface area (Å²) >= 11 is 0. The number of hydrogen-bond donors (Lipinski definition) is 2. The summed E-state index contributed by atoms with van der Waals surface area (Å²) < 4.78 is 10.7. The highest BCUT2D eigenvalue weighted by Crippen LogP contribution is 2.19. The number of rotatable bonds is 8. The van der Waals surface area contributed by atoms with Gasteiger partial charge >= 0.3 is 6.01 Å². The molecule has 0 saturated heterocycles. The third kappa shape index (κ3) is 4.19. The molecule has 2 aromatic rings. The third-order valence-electron chi connectivity index (χ3n) is 3.41. The fraction of sp³-hybridized carbons (Fsp3) is 0.467. The predicted octanol–water partition coefficient (Wildman–Crippen LogP) is 1.98. The van der Waals surface area contributed by atoms with Gasteiger partial charge in [-0.3, -0.25) is 0 Å². The molecule has 6 heteroatoms. The van der Waals surface area contributed by atoms with Crippen molar-refractivity contribution in [3.8, 4) is 5.75 Å². The third-order valence-corrected chi connectivity index (χ3v) is 3.41. The van der Waals surface area contributed by atoms with Crippen molar-refractivity contribution in [2.45, 2.75) is 31.8 Å². The standard InChI is InChI=1S/C15H20N4O2/c1-20-13-4-2-3-11(9-13)7-8-16-15-19-18-14(21-15)10-17-12-5-6-12/h2-4,9,12,17H,5-8,10H2,1H3,(H,16,19). The summed E-state index contributed by atoms with van der Waals surface area (Å²) in [7, 11) is 1.67. The lowest BCUT2D eigenvalue weighted by Gasteiger charge is -2.04. The van der Waals surface area contributed by atoms with Gasteiger partial charge in [-0.2, -0.15) is 0 Å². The molecule has 1 aliphatic carbocycles. The Morgan fingerprint density at radius 3 is 3.05 bits per heavy atom. The average molecular weight is 288 g/mol. The van der Waals surface area contributed by atoms with Gasteiger partial charge in [0.15, 0.2) is 0 Å². The number of benzene rings is 1. The van der Waals surface area contributed by atoms with Crippen LogP contribution in [0.2, 0.25) is 0 Å². The first kappa shape index (κ1) is 13.9. The van der Waals surface area contributed by atoms with E-state index < -0.39 is 0 Å². The minimum atomic E-state index is 0.477. The van der Waals surface area contributed by atoms with Gasteiger partial charge < -0.3 is 19.8 Å². The first-order chi connectivity index (χ1) is 10.3. The molecule has 21 heavy (non-hydrogen) atoms. The van der Waals surface area contributed by atoms with Crippen LogP contribution < -0.4 is 15.4 Å². The molecule has 1 aromatic heterocycles. The molecule has 0 unspecified atom stereocenters. The fourth-order valence-electron chi connectivity index (χ4n) is 2.06. The molecule has 1 aliphatic rings. The van der Waals surface area contributed by atoms with Crippen molar-refractivity contribution in [3.63, 3.8) is 0 Å². The monoisotopic (exact) mass is 288 g/mol. The van der Waals surface area contributed by atoms with Crippen LogP contribution in [0.3, 0.4) is 0 Å². The van der Waals surface area contributed by atoms with Gasteiger partial charge in [0.2, 0.25) is 5.89 Å². The zero-order valence-electron chi connectivity index (χ0n) is 12.1. The number of nitrogens with zero attached hydrogens (tertiary/aromatic N) is 2. The zero-order valence-corrected chi connectivity index (χ0v) is 12.1. The summed E-state index contributed by atoms with van der Waals surface area (Å²) in [6, 6.07) is 9.15. The number of anilines is 1. The summed E-state index contributed by atoms with van der Waals surface area (Å²) in [5.74, 6) is 1.50. The molecular formula is C15H20N4O2. The van der Waals surface area contributed by atoms with Crippen LogP contribution in [0.5, 0.6) is 5.75 Å². The molecule has 0 spiro atoms. The van der Waals surface area contributed by atoms with E-state index in [1.165, 1.54) is 18.4 Å². The van der Waals surface area contributed by atoms with Gasteiger partial charge in [0.1, 0.15) is 5.75 Å². The molecule has 2 N–H and O–H groups in total. The van der Waals surface area contributed by atoms with E-state index in [0.29, 0.717) is 24.5 Å². The van der Waals surface area contributed by atoms with Crippen molar-refractivity contribution in [1.29, 1.82) is 0 Å². The van der Waals surface area contributed by atoms with Gasteiger partial charge in [-0.25, -0.2) is 0 Å². The van der Waals surface area contributed by atoms with Crippen molar-refractivity contribution in [1.82, 2.24) is 15.5 Å². The Hall–Kier alpha value is -2.08. The van der Waals surface area contributed by atoms with Crippen molar-refractivity contribution >= 4 is 6.01 Å². The second-order valence-electron chi connectivity index (χ2n) is 5.18. The van der Waals surface area contributed by atoms with Crippen LogP contribution in [0, 0.1) is 0 Å². The summed E-state index contributed by atoms with van der Waals surface area (Å²) in [5.41, 5.74) is 1.21. The Morgan fingerprint density at radius 1 is 1.33 bits per heavy atom. The van der Waals surface area contributed by atoms with Crippen LogP contribution in [-0.4, -0.2) is 29.9 Å². The van der Waals surface area contributed by atoms with Crippen molar-refractivity contribution in [2.24, 2.45) is 0 Å². The van der Waals surface area contributed by atoms with E-state index in [9.17, 15) is 0 Å². The van der Waals surface area contributed by atoms with Crippen LogP contribution in [0.25, 0.3) is 0 Å². The Bertz CT molecular complexity index is 581. The molecule has 0 amide bonds. The van der Waals surface area contributed by atoms with Crippen LogP contribution in [0.15, 0.2) is 28.7 Å². The first-order valence-electron chi connectivity index (χ1n) is 7.26. The minimum Gasteiger partial charge on any atom is -0.497 e. The van der Waals surface area contributed by atoms with Crippen LogP contribution in [0.4, 0.5) is 6.01 Å². The van der Waals surface area contributed by atoms with Gasteiger partial charge in [-0.1, -0.05) is 17.2 Å². The smallest absolute Gasteiger partial charge is 0.315 e. The van der Waals surface area contributed by atoms with E-state index >= 15 is 0 Å². The largest absolute Gasteiger partial charge is 0.497 e. The Morgan fingerprint density at radius 2 is 2.24 bits per heavy atom. The number of methoxy groups -OCH3 is 1. The number of aromatic nitrogens is 2. The maximum Gasteiger partial charge on any atom is 0.315 e. The molecule has 0 bridgehead atoms. The second kappa shape index (κ2) is 6.58. The highest BCUT2D eigenvalue weighted by Gasteiger charge is 2.21. The number of ether oxygens (including phenoxy) is 1. The summed E-state index contributed by atoms with van der Waals surface area (Å²) in [6.45, 7) is 1.39. The van der Waals surface area contributed by atoms with E-state index in [0.717, 1.165) is 18.7 Å². The molecule has 1 aromatic carbocycles. The normalized spacial score (nSPS) is 14.1. The van der Waals surface area contributed by atoms with Gasteiger partial charge in [-0.05, 0) is 37.0 Å². The van der Waals surface area contributed by atoms with Crippen LogP contribution in [-0.2, 0) is 13.0 Å². The summed E-state index contributed by atoms with van der Waals surface area (Å²) in [5, 5.41) is 14.5. The Balaban J connectivity index is 1.43. The number of nitrogens with one attached hydrogen (secondary N) is 2. The van der Waals surface area contributed by atoms with E-state index in [-0.39, 0.29) is 0 Å². The molecule has 6 nitrogen and oxygen atoms in total. The maximum absolute atomic E-state index is 5.52. The van der Waals surface area contributed by atoms with E-state index in [4.69, 9.17) is 9.15 Å². The Kier molecular flexibility index (Phi) is 4.35. The highest BCUT2D eigenvalue weighted by molar-refractivity contribution is 5.29. The van der Waals surface area contributed by atoms with E-state index in [1.807, 2.05) is 18.2 Å². The average Bonchev–Trinajstić information content (AvgIpc) is 3.24. The number of hydrogen-bond acceptors (Lipinski definition) is 6. The molecule has 112 valence electrons. The van der Waals surface area contributed by atoms with E-state index in [2.05, 4.69) is 26.9 Å². The van der Waals surface area contributed by atoms with Gasteiger partial charge in [0.05, 0.1) is 13.7 Å². The molecule has 0 atom stereocenters. The molecule has 1 saturated carbocycles. The van der Waals surface area contributed by atoms with Crippen LogP contribution in [0.1, 0.15) is 24.3 Å². The Labute approximate surface area is 123 Å². The molecule has 1 heterocycles. The topological polar surface area (TPSA) is 72.2 Å². The maximum atomic E-state index is 5.52. The van der Waals surface area contributed by atoms with Gasteiger partial charge in [-0.15, -0.1) is 5.10 Å². The van der Waals surface area contributed by atoms with Crippen molar-refractivity contribution in [2.75, 3.05) is 19.0 Å².